The summed E-state index contributed by atoms with van der Waals surface area (Å²) < 4.78 is 29.8. The van der Waals surface area contributed by atoms with Crippen LogP contribution < -0.4 is 10.3 Å². The number of rotatable bonds is 4. The van der Waals surface area contributed by atoms with Crippen molar-refractivity contribution < 1.29 is 23.4 Å². The van der Waals surface area contributed by atoms with Crippen molar-refractivity contribution in [1.29, 1.82) is 0 Å². The van der Waals surface area contributed by atoms with E-state index in [9.17, 15) is 9.36 Å². The number of imidazole rings is 1. The normalized spacial score (nSPS) is 13.5. The summed E-state index contributed by atoms with van der Waals surface area (Å²) >= 11 is 0. The maximum absolute atomic E-state index is 13.1. The molecule has 1 aromatic heterocycles. The van der Waals surface area contributed by atoms with Gasteiger partial charge < -0.3 is 19.0 Å². The number of aromatic amines is 1. The minimum atomic E-state index is -2.74. The van der Waals surface area contributed by atoms with E-state index >= 15 is 0 Å². The Hall–Kier alpha value is -2.41. The zero-order valence-electron chi connectivity index (χ0n) is 15.9. The molecule has 1 N–H and O–H groups in total. The van der Waals surface area contributed by atoms with Crippen LogP contribution >= 0.6 is 8.03 Å². The predicted molar refractivity (Wildman–Crippen MR) is 119 cm³/mol. The first-order chi connectivity index (χ1) is 14.6. The number of para-hydroxylation sites is 2. The molecule has 5 rings (SSSR count). The van der Waals surface area contributed by atoms with Crippen molar-refractivity contribution in [1.82, 2.24) is 9.97 Å². The molecule has 0 spiro atoms. The van der Waals surface area contributed by atoms with Gasteiger partial charge in [0.05, 0.1) is 23.7 Å². The van der Waals surface area contributed by atoms with Gasteiger partial charge in [-0.3, -0.25) is 4.57 Å². The topological polar surface area (TPSA) is 90.5 Å². The molecule has 0 amide bonds. The van der Waals surface area contributed by atoms with Crippen molar-refractivity contribution in [3.05, 3.63) is 83.4 Å². The fourth-order valence-corrected chi connectivity index (χ4v) is 4.53. The molecule has 0 bridgehead atoms. The van der Waals surface area contributed by atoms with E-state index in [0.717, 1.165) is 11.1 Å². The van der Waals surface area contributed by atoms with E-state index < -0.39 is 20.1 Å². The molecule has 4 aromatic rings. The molecule has 9 heteroatoms. The second-order valence-corrected chi connectivity index (χ2v) is 8.06. The predicted octanol–water partition coefficient (Wildman–Crippen LogP) is 3.71. The van der Waals surface area contributed by atoms with Gasteiger partial charge in [0.25, 0.3) is 8.03 Å². The fraction of sp³-hybridized carbons (Fsp3) is 0.0909. The molecular weight excluding hydrogens is 426 g/mol. The van der Waals surface area contributed by atoms with Crippen LogP contribution in [0.3, 0.4) is 0 Å². The standard InChI is InChI=1S/C22H17N2O5P.Na.H/c1-27-21(25)13-10-11-16-17(12-13)24-22(23-16)30(26)29-20-14-6-2-4-8-18(14)28-19-9-5-3-7-15(19)20;;/h2-12,20,30H,1H3,(H,23,24);;. The monoisotopic (exact) mass is 444 g/mol. The van der Waals surface area contributed by atoms with Crippen LogP contribution in [0.1, 0.15) is 27.6 Å². The molecule has 1 atom stereocenters. The Morgan fingerprint density at radius 1 is 1.03 bits per heavy atom. The molecule has 152 valence electrons. The third-order valence-corrected chi connectivity index (χ3v) is 6.02. The molecule has 1 aliphatic heterocycles. The first kappa shape index (κ1) is 21.8. The number of fused-ring (bicyclic) bond motifs is 3. The van der Waals surface area contributed by atoms with Crippen LogP contribution in [0.15, 0.2) is 66.7 Å². The molecule has 0 saturated heterocycles. The number of hydrogen-bond donors (Lipinski definition) is 1. The summed E-state index contributed by atoms with van der Waals surface area (Å²) in [5.74, 6) is 0.882. The van der Waals surface area contributed by atoms with Crippen molar-refractivity contribution >= 4 is 60.2 Å². The Morgan fingerprint density at radius 2 is 1.68 bits per heavy atom. The van der Waals surface area contributed by atoms with E-state index in [-0.39, 0.29) is 35.1 Å². The van der Waals surface area contributed by atoms with Gasteiger partial charge in [0.1, 0.15) is 17.6 Å². The van der Waals surface area contributed by atoms with Crippen LogP contribution in [0, 0.1) is 0 Å². The van der Waals surface area contributed by atoms with Crippen LogP contribution in [0.4, 0.5) is 0 Å². The summed E-state index contributed by atoms with van der Waals surface area (Å²) in [6.45, 7) is 0. The molecule has 7 nitrogen and oxygen atoms in total. The van der Waals surface area contributed by atoms with Crippen LogP contribution in [0.5, 0.6) is 11.5 Å². The van der Waals surface area contributed by atoms with Crippen LogP contribution in [-0.4, -0.2) is 52.6 Å². The molecule has 0 saturated carbocycles. The number of ether oxygens (including phenoxy) is 2. The van der Waals surface area contributed by atoms with Crippen LogP contribution in [-0.2, 0) is 13.8 Å². The zero-order valence-corrected chi connectivity index (χ0v) is 16.9. The fourth-order valence-electron chi connectivity index (χ4n) is 3.50. The molecule has 31 heavy (non-hydrogen) atoms. The summed E-state index contributed by atoms with van der Waals surface area (Å²) in [7, 11) is -1.42. The van der Waals surface area contributed by atoms with Crippen molar-refractivity contribution in [2.45, 2.75) is 6.10 Å². The summed E-state index contributed by atoms with van der Waals surface area (Å²) in [6.07, 6.45) is -0.545. The van der Waals surface area contributed by atoms with Crippen LogP contribution in [0.25, 0.3) is 11.0 Å². The molecule has 3 aromatic carbocycles. The van der Waals surface area contributed by atoms with E-state index in [4.69, 9.17) is 14.0 Å². The van der Waals surface area contributed by atoms with Crippen LogP contribution in [0.2, 0.25) is 0 Å². The number of benzene rings is 3. The molecule has 1 unspecified atom stereocenters. The number of H-pyrrole nitrogens is 1. The van der Waals surface area contributed by atoms with E-state index in [1.165, 1.54) is 7.11 Å². The van der Waals surface area contributed by atoms with Crippen molar-refractivity contribution in [3.63, 3.8) is 0 Å². The third-order valence-electron chi connectivity index (χ3n) is 4.95. The summed E-state index contributed by atoms with van der Waals surface area (Å²) in [5, 5.41) is 0. The number of esters is 1. The first-order valence-corrected chi connectivity index (χ1v) is 10.6. The SMILES string of the molecule is COC(=O)c1ccc2[nH]c([PH](=O)OC3c4ccccc4Oc4ccccc43)nc2c1.[NaH]. The zero-order chi connectivity index (χ0) is 20.7. The van der Waals surface area contributed by atoms with E-state index in [1.807, 2.05) is 48.5 Å². The van der Waals surface area contributed by atoms with Crippen molar-refractivity contribution in [2.75, 3.05) is 7.11 Å². The molecule has 2 heterocycles. The maximum atomic E-state index is 13.1. The molecule has 0 aliphatic carbocycles. The van der Waals surface area contributed by atoms with Gasteiger partial charge in [0.15, 0.2) is 5.57 Å². The van der Waals surface area contributed by atoms with E-state index in [2.05, 4.69) is 9.97 Å². The Bertz CT molecular complexity index is 1260. The average Bonchev–Trinajstić information content (AvgIpc) is 3.22. The van der Waals surface area contributed by atoms with Gasteiger partial charge in [0.2, 0.25) is 0 Å². The Labute approximate surface area is 200 Å². The average molecular weight is 444 g/mol. The Morgan fingerprint density at radius 3 is 2.32 bits per heavy atom. The van der Waals surface area contributed by atoms with E-state index in [1.54, 1.807) is 18.2 Å². The van der Waals surface area contributed by atoms with Gasteiger partial charge in [-0.25, -0.2) is 9.78 Å². The van der Waals surface area contributed by atoms with Crippen molar-refractivity contribution in [3.8, 4) is 11.5 Å². The second kappa shape index (κ2) is 8.99. The van der Waals surface area contributed by atoms with Gasteiger partial charge in [-0.1, -0.05) is 36.4 Å². The quantitative estimate of drug-likeness (QED) is 0.293. The van der Waals surface area contributed by atoms with Gasteiger partial charge in [-0.2, -0.15) is 0 Å². The number of carbonyl (C=O) groups excluding carboxylic acids is 1. The number of nitrogens with zero attached hydrogens (tertiary/aromatic N) is 1. The second-order valence-electron chi connectivity index (χ2n) is 6.77. The molecular formula is C22H18N2NaO5P. The summed E-state index contributed by atoms with van der Waals surface area (Å²) in [5.41, 5.74) is 3.39. The first-order valence-electron chi connectivity index (χ1n) is 9.29. The third kappa shape index (κ3) is 4.07. The number of carbonyl (C=O) groups is 1. The number of aromatic nitrogens is 2. The number of hydrogen-bond acceptors (Lipinski definition) is 6. The molecule has 0 fully saturated rings. The summed E-state index contributed by atoms with van der Waals surface area (Å²) in [6, 6.07) is 20.0. The number of methoxy groups -OCH3 is 1. The summed E-state index contributed by atoms with van der Waals surface area (Å²) in [4.78, 5) is 19.2. The molecule has 0 radical (unpaired) electrons. The van der Waals surface area contributed by atoms with E-state index in [0.29, 0.717) is 28.1 Å². The van der Waals surface area contributed by atoms with Gasteiger partial charge in [-0.15, -0.1) is 0 Å². The van der Waals surface area contributed by atoms with Crippen molar-refractivity contribution in [2.24, 2.45) is 0 Å². The Balaban J connectivity index is 0.00000231. The van der Waals surface area contributed by atoms with Gasteiger partial charge in [-0.05, 0) is 30.3 Å². The number of nitrogens with one attached hydrogen (secondary N) is 1. The minimum absolute atomic E-state index is 0. The van der Waals surface area contributed by atoms with Gasteiger partial charge in [0, 0.05) is 11.1 Å². The van der Waals surface area contributed by atoms with Gasteiger partial charge >= 0.3 is 35.5 Å². The molecule has 1 aliphatic rings. The Kier molecular flexibility index (Phi) is 6.32.